The van der Waals surface area contributed by atoms with Crippen LogP contribution in [0, 0.1) is 0 Å². The van der Waals surface area contributed by atoms with Crippen LogP contribution in [0.15, 0.2) is 53.4 Å². The molecule has 9 heteroatoms. The largest absolute Gasteiger partial charge is 0.351 e. The Bertz CT molecular complexity index is 930. The summed E-state index contributed by atoms with van der Waals surface area (Å²) in [7, 11) is -3.86. The van der Waals surface area contributed by atoms with E-state index in [-0.39, 0.29) is 22.4 Å². The molecule has 2 rings (SSSR count). The summed E-state index contributed by atoms with van der Waals surface area (Å²) in [6.07, 6.45) is 0. The summed E-state index contributed by atoms with van der Waals surface area (Å²) >= 11 is 5.81. The molecule has 0 fully saturated rings. The van der Waals surface area contributed by atoms with Crippen molar-refractivity contribution in [2.45, 2.75) is 31.3 Å². The summed E-state index contributed by atoms with van der Waals surface area (Å²) in [5.74, 6) is -0.636. The van der Waals surface area contributed by atoms with Gasteiger partial charge in [0.2, 0.25) is 21.8 Å². The first-order valence-electron chi connectivity index (χ1n) is 8.09. The van der Waals surface area contributed by atoms with Crippen molar-refractivity contribution in [2.24, 2.45) is 0 Å². The number of sulfonamides is 1. The first-order valence-corrected chi connectivity index (χ1v) is 9.95. The quantitative estimate of drug-likeness (QED) is 0.652. The Kier molecular flexibility index (Phi) is 6.95. The zero-order chi connectivity index (χ0) is 20.0. The van der Waals surface area contributed by atoms with Gasteiger partial charge in [-0.05, 0) is 42.8 Å². The van der Waals surface area contributed by atoms with Crippen LogP contribution in [0.1, 0.15) is 19.4 Å². The number of benzene rings is 2. The fourth-order valence-corrected chi connectivity index (χ4v) is 3.74. The zero-order valence-electron chi connectivity index (χ0n) is 14.8. The number of anilines is 1. The molecule has 144 valence electrons. The second-order valence-corrected chi connectivity index (χ2v) is 8.05. The van der Waals surface area contributed by atoms with E-state index in [1.807, 2.05) is 0 Å². The Morgan fingerprint density at radius 3 is 2.37 bits per heavy atom. The minimum absolute atomic E-state index is 0.0109. The van der Waals surface area contributed by atoms with Crippen molar-refractivity contribution < 1.29 is 18.0 Å². The van der Waals surface area contributed by atoms with Crippen LogP contribution in [0.25, 0.3) is 0 Å². The Hall–Kier alpha value is -2.42. The van der Waals surface area contributed by atoms with Crippen molar-refractivity contribution in [3.8, 4) is 0 Å². The smallest absolute Gasteiger partial charge is 0.241 e. The Morgan fingerprint density at radius 2 is 1.78 bits per heavy atom. The van der Waals surface area contributed by atoms with Gasteiger partial charge in [-0.25, -0.2) is 8.42 Å². The van der Waals surface area contributed by atoms with E-state index < -0.39 is 22.0 Å². The molecule has 2 aromatic rings. The average molecular weight is 410 g/mol. The molecule has 2 aromatic carbocycles. The summed E-state index contributed by atoms with van der Waals surface area (Å²) < 4.78 is 27.0. The Balaban J connectivity index is 1.92. The predicted octanol–water partition coefficient (Wildman–Crippen LogP) is 2.28. The number of nitrogens with one attached hydrogen (secondary N) is 3. The highest BCUT2D eigenvalue weighted by Gasteiger charge is 2.22. The van der Waals surface area contributed by atoms with Crippen LogP contribution in [0.3, 0.4) is 0 Å². The molecule has 0 aliphatic rings. The highest BCUT2D eigenvalue weighted by Crippen LogP contribution is 2.15. The SMILES string of the molecule is CC(=O)Nc1ccc(CNC(=O)[C@H](C)NS(=O)(=O)c2cccc(Cl)c2)cc1. The molecule has 0 aromatic heterocycles. The molecular formula is C18H20ClN3O4S. The lowest BCUT2D eigenvalue weighted by molar-refractivity contribution is -0.122. The van der Waals surface area contributed by atoms with Gasteiger partial charge < -0.3 is 10.6 Å². The molecule has 0 heterocycles. The fourth-order valence-electron chi connectivity index (χ4n) is 2.24. The molecular weight excluding hydrogens is 390 g/mol. The average Bonchev–Trinajstić information content (AvgIpc) is 2.60. The highest BCUT2D eigenvalue weighted by molar-refractivity contribution is 7.89. The zero-order valence-corrected chi connectivity index (χ0v) is 16.4. The van der Waals surface area contributed by atoms with E-state index in [0.717, 1.165) is 5.56 Å². The first kappa shape index (κ1) is 20.9. The fraction of sp³-hybridized carbons (Fsp3) is 0.222. The van der Waals surface area contributed by atoms with Gasteiger partial charge in [-0.3, -0.25) is 9.59 Å². The van der Waals surface area contributed by atoms with Crippen molar-refractivity contribution in [1.29, 1.82) is 0 Å². The maximum absolute atomic E-state index is 12.3. The number of halogens is 1. The summed E-state index contributed by atoms with van der Waals surface area (Å²) in [4.78, 5) is 23.2. The molecule has 0 aliphatic heterocycles. The topological polar surface area (TPSA) is 104 Å². The summed E-state index contributed by atoms with van der Waals surface area (Å²) in [5, 5.41) is 5.60. The Labute approximate surface area is 163 Å². The number of carbonyl (C=O) groups is 2. The monoisotopic (exact) mass is 409 g/mol. The molecule has 1 atom stereocenters. The van der Waals surface area contributed by atoms with Crippen LogP contribution < -0.4 is 15.4 Å². The summed E-state index contributed by atoms with van der Waals surface area (Å²) in [6, 6.07) is 11.8. The summed E-state index contributed by atoms with van der Waals surface area (Å²) in [5.41, 5.74) is 1.46. The maximum atomic E-state index is 12.3. The van der Waals surface area contributed by atoms with Crippen LogP contribution in [0.4, 0.5) is 5.69 Å². The van der Waals surface area contributed by atoms with Gasteiger partial charge in [-0.1, -0.05) is 29.8 Å². The van der Waals surface area contributed by atoms with E-state index in [0.29, 0.717) is 5.69 Å². The van der Waals surface area contributed by atoms with Crippen molar-refractivity contribution in [1.82, 2.24) is 10.0 Å². The first-order chi connectivity index (χ1) is 12.7. The molecule has 2 amide bonds. The molecule has 0 aliphatic carbocycles. The second kappa shape index (κ2) is 8.98. The van der Waals surface area contributed by atoms with E-state index >= 15 is 0 Å². The Morgan fingerprint density at radius 1 is 1.11 bits per heavy atom. The molecule has 7 nitrogen and oxygen atoms in total. The molecule has 0 saturated heterocycles. The van der Waals surface area contributed by atoms with Crippen LogP contribution in [-0.2, 0) is 26.2 Å². The van der Waals surface area contributed by atoms with Crippen molar-refractivity contribution >= 4 is 39.1 Å². The lowest BCUT2D eigenvalue weighted by atomic mass is 10.2. The number of hydrogen-bond donors (Lipinski definition) is 3. The van der Waals surface area contributed by atoms with Crippen molar-refractivity contribution in [2.75, 3.05) is 5.32 Å². The van der Waals surface area contributed by atoms with E-state index in [4.69, 9.17) is 11.6 Å². The second-order valence-electron chi connectivity index (χ2n) is 5.90. The molecule has 0 unspecified atom stereocenters. The molecule has 3 N–H and O–H groups in total. The number of amides is 2. The number of rotatable bonds is 7. The van der Waals surface area contributed by atoms with Gasteiger partial charge in [-0.2, -0.15) is 4.72 Å². The molecule has 27 heavy (non-hydrogen) atoms. The summed E-state index contributed by atoms with van der Waals surface area (Å²) in [6.45, 7) is 3.10. The maximum Gasteiger partial charge on any atom is 0.241 e. The van der Waals surface area contributed by atoms with E-state index in [2.05, 4.69) is 15.4 Å². The molecule has 0 bridgehead atoms. The molecule has 0 radical (unpaired) electrons. The van der Waals surface area contributed by atoms with Crippen molar-refractivity contribution in [3.63, 3.8) is 0 Å². The lowest BCUT2D eigenvalue weighted by Crippen LogP contribution is -2.44. The number of carbonyl (C=O) groups excluding carboxylic acids is 2. The van der Waals surface area contributed by atoms with Crippen LogP contribution in [0.2, 0.25) is 5.02 Å². The third-order valence-electron chi connectivity index (χ3n) is 3.57. The minimum Gasteiger partial charge on any atom is -0.351 e. The van der Waals surface area contributed by atoms with E-state index in [1.54, 1.807) is 30.3 Å². The highest BCUT2D eigenvalue weighted by atomic mass is 35.5. The van der Waals surface area contributed by atoms with Crippen LogP contribution >= 0.6 is 11.6 Å². The van der Waals surface area contributed by atoms with E-state index in [1.165, 1.54) is 32.0 Å². The lowest BCUT2D eigenvalue weighted by Gasteiger charge is -2.15. The van der Waals surface area contributed by atoms with Crippen LogP contribution in [-0.4, -0.2) is 26.3 Å². The minimum atomic E-state index is -3.86. The van der Waals surface area contributed by atoms with Gasteiger partial charge in [0.1, 0.15) is 0 Å². The number of hydrogen-bond acceptors (Lipinski definition) is 4. The van der Waals surface area contributed by atoms with Gasteiger partial charge in [-0.15, -0.1) is 0 Å². The van der Waals surface area contributed by atoms with Gasteiger partial charge in [0.25, 0.3) is 0 Å². The van der Waals surface area contributed by atoms with Crippen molar-refractivity contribution in [3.05, 3.63) is 59.1 Å². The van der Waals surface area contributed by atoms with Crippen LogP contribution in [0.5, 0.6) is 0 Å². The third kappa shape index (κ3) is 6.35. The predicted molar refractivity (Wildman–Crippen MR) is 104 cm³/mol. The van der Waals surface area contributed by atoms with Gasteiger partial charge in [0.15, 0.2) is 0 Å². The van der Waals surface area contributed by atoms with Gasteiger partial charge in [0.05, 0.1) is 10.9 Å². The van der Waals surface area contributed by atoms with Gasteiger partial charge >= 0.3 is 0 Å². The third-order valence-corrected chi connectivity index (χ3v) is 5.35. The van der Waals surface area contributed by atoms with E-state index in [9.17, 15) is 18.0 Å². The normalized spacial score (nSPS) is 12.3. The van der Waals surface area contributed by atoms with Gasteiger partial charge in [0, 0.05) is 24.2 Å². The molecule has 0 saturated carbocycles. The molecule has 0 spiro atoms. The standard InChI is InChI=1S/C18H20ClN3O4S/c1-12(22-27(25,26)17-5-3-4-15(19)10-17)18(24)20-11-14-6-8-16(9-7-14)21-13(2)23/h3-10,12,22H,11H2,1-2H3,(H,20,24)(H,21,23)/t12-/m0/s1.